The molecule has 0 amide bonds. The molecule has 90 valence electrons. The fourth-order valence-corrected chi connectivity index (χ4v) is 2.07. The van der Waals surface area contributed by atoms with Crippen LogP contribution in [0.5, 0.6) is 0 Å². The molecule has 0 aliphatic carbocycles. The molecule has 0 N–H and O–H groups in total. The molecule has 1 heterocycles. The standard InChI is InChI=1S/C15H18N.BrH/c1-12-9-13(2)11-16(10-12)14(3)15-7-5-4-6-8-15;/h4-11,14H,1-3H3;1H/q+1;/p-1. The van der Waals surface area contributed by atoms with Crippen LogP contribution in [0.4, 0.5) is 0 Å². The van der Waals surface area contributed by atoms with Crippen molar-refractivity contribution >= 4 is 0 Å². The Labute approximate surface area is 114 Å². The first-order valence-corrected chi connectivity index (χ1v) is 5.71. The van der Waals surface area contributed by atoms with Crippen LogP contribution in [0.3, 0.4) is 0 Å². The van der Waals surface area contributed by atoms with E-state index in [4.69, 9.17) is 0 Å². The largest absolute Gasteiger partial charge is 1.00 e. The van der Waals surface area contributed by atoms with Crippen molar-refractivity contribution in [2.24, 2.45) is 0 Å². The molecule has 0 saturated carbocycles. The first kappa shape index (κ1) is 13.9. The van der Waals surface area contributed by atoms with Gasteiger partial charge in [-0.3, -0.25) is 0 Å². The Kier molecular flexibility index (Phi) is 4.88. The van der Waals surface area contributed by atoms with Gasteiger partial charge in [-0.1, -0.05) is 30.3 Å². The summed E-state index contributed by atoms with van der Waals surface area (Å²) in [6.45, 7) is 6.51. The summed E-state index contributed by atoms with van der Waals surface area (Å²) in [5.41, 5.74) is 3.96. The van der Waals surface area contributed by atoms with E-state index in [1.165, 1.54) is 16.7 Å². The van der Waals surface area contributed by atoms with Gasteiger partial charge in [0.25, 0.3) is 0 Å². The number of halogens is 1. The second kappa shape index (κ2) is 5.97. The molecule has 1 aromatic carbocycles. The van der Waals surface area contributed by atoms with Gasteiger partial charge in [0.15, 0.2) is 18.4 Å². The van der Waals surface area contributed by atoms with Crippen molar-refractivity contribution in [3.05, 3.63) is 65.5 Å². The van der Waals surface area contributed by atoms with Crippen molar-refractivity contribution < 1.29 is 21.5 Å². The number of hydrogen-bond acceptors (Lipinski definition) is 0. The highest BCUT2D eigenvalue weighted by atomic mass is 79.9. The van der Waals surface area contributed by atoms with Crippen molar-refractivity contribution in [3.63, 3.8) is 0 Å². The first-order valence-electron chi connectivity index (χ1n) is 5.71. The maximum absolute atomic E-state index is 2.28. The Hall–Kier alpha value is -1.15. The lowest BCUT2D eigenvalue weighted by Gasteiger charge is -2.08. The predicted molar refractivity (Wildman–Crippen MR) is 66.4 cm³/mol. The Balaban J connectivity index is 0.00000144. The zero-order valence-corrected chi connectivity index (χ0v) is 12.1. The quantitative estimate of drug-likeness (QED) is 0.697. The predicted octanol–water partition coefficient (Wildman–Crippen LogP) is 0.204. The summed E-state index contributed by atoms with van der Waals surface area (Å²) < 4.78 is 2.28. The van der Waals surface area contributed by atoms with Crippen LogP contribution in [-0.2, 0) is 0 Å². The summed E-state index contributed by atoms with van der Waals surface area (Å²) in [6, 6.07) is 13.2. The Morgan fingerprint density at radius 1 is 0.941 bits per heavy atom. The highest BCUT2D eigenvalue weighted by Gasteiger charge is 2.14. The first-order chi connectivity index (χ1) is 7.66. The van der Waals surface area contributed by atoms with Crippen molar-refractivity contribution in [1.82, 2.24) is 0 Å². The van der Waals surface area contributed by atoms with Gasteiger partial charge in [-0.25, -0.2) is 0 Å². The summed E-state index contributed by atoms with van der Waals surface area (Å²) in [6.07, 6.45) is 4.40. The Morgan fingerprint density at radius 2 is 1.47 bits per heavy atom. The maximum Gasteiger partial charge on any atom is 0.180 e. The number of aromatic nitrogens is 1. The average Bonchev–Trinajstić information content (AvgIpc) is 2.28. The minimum atomic E-state index is 0. The monoisotopic (exact) mass is 291 g/mol. The van der Waals surface area contributed by atoms with Gasteiger partial charge >= 0.3 is 0 Å². The molecule has 1 unspecified atom stereocenters. The average molecular weight is 292 g/mol. The molecule has 17 heavy (non-hydrogen) atoms. The highest BCUT2D eigenvalue weighted by molar-refractivity contribution is 5.17. The summed E-state index contributed by atoms with van der Waals surface area (Å²) in [5, 5.41) is 0. The third kappa shape index (κ3) is 3.40. The van der Waals surface area contributed by atoms with Crippen LogP contribution in [0.2, 0.25) is 0 Å². The Bertz CT molecular complexity index is 459. The number of hydrogen-bond donors (Lipinski definition) is 0. The van der Waals surface area contributed by atoms with Gasteiger partial charge in [0.1, 0.15) is 0 Å². The number of nitrogens with zero attached hydrogens (tertiary/aromatic N) is 1. The normalized spacial score (nSPS) is 11.7. The number of aryl methyl sites for hydroxylation is 2. The van der Waals surface area contributed by atoms with Gasteiger partial charge in [-0.05, 0) is 19.9 Å². The molecule has 0 saturated heterocycles. The van der Waals surface area contributed by atoms with Crippen molar-refractivity contribution in [3.8, 4) is 0 Å². The van der Waals surface area contributed by atoms with Crippen LogP contribution in [0.1, 0.15) is 29.7 Å². The van der Waals surface area contributed by atoms with Crippen molar-refractivity contribution in [2.45, 2.75) is 26.8 Å². The second-order valence-corrected chi connectivity index (χ2v) is 4.42. The SMILES string of the molecule is Cc1cc(C)c[n+](C(C)c2ccccc2)c1.[Br-]. The summed E-state index contributed by atoms with van der Waals surface area (Å²) >= 11 is 0. The molecule has 0 fully saturated rings. The van der Waals surface area contributed by atoms with E-state index in [9.17, 15) is 0 Å². The van der Waals surface area contributed by atoms with Gasteiger partial charge in [0.05, 0.1) is 0 Å². The van der Waals surface area contributed by atoms with E-state index in [0.717, 1.165) is 0 Å². The lowest BCUT2D eigenvalue weighted by Crippen LogP contribution is -3.00. The molecular weight excluding hydrogens is 274 g/mol. The minimum absolute atomic E-state index is 0. The topological polar surface area (TPSA) is 3.88 Å². The third-order valence-electron chi connectivity index (χ3n) is 2.89. The van der Waals surface area contributed by atoms with E-state index in [0.29, 0.717) is 6.04 Å². The fourth-order valence-electron chi connectivity index (χ4n) is 2.07. The molecule has 2 heteroatoms. The zero-order valence-electron chi connectivity index (χ0n) is 10.5. The molecule has 2 rings (SSSR count). The molecular formula is C15H18BrN. The molecule has 0 aliphatic rings. The van der Waals surface area contributed by atoms with Gasteiger partial charge < -0.3 is 17.0 Å². The molecule has 1 nitrogen and oxygen atoms in total. The maximum atomic E-state index is 2.28. The van der Waals surface area contributed by atoms with Crippen molar-refractivity contribution in [1.29, 1.82) is 0 Å². The summed E-state index contributed by atoms with van der Waals surface area (Å²) in [7, 11) is 0. The van der Waals surface area contributed by atoms with Crippen LogP contribution >= 0.6 is 0 Å². The molecule has 2 aromatic rings. The fraction of sp³-hybridized carbons (Fsp3) is 0.267. The van der Waals surface area contributed by atoms with E-state index in [1.807, 2.05) is 0 Å². The van der Waals surface area contributed by atoms with Crippen LogP contribution in [0.15, 0.2) is 48.8 Å². The smallest absolute Gasteiger partial charge is 0.180 e. The molecule has 0 spiro atoms. The van der Waals surface area contributed by atoms with Gasteiger partial charge in [-0.2, -0.15) is 4.57 Å². The molecule has 1 atom stereocenters. The minimum Gasteiger partial charge on any atom is -1.00 e. The van der Waals surface area contributed by atoms with Crippen LogP contribution < -0.4 is 21.5 Å². The Morgan fingerprint density at radius 3 is 2.00 bits per heavy atom. The molecule has 0 bridgehead atoms. The van der Waals surface area contributed by atoms with Gasteiger partial charge in [-0.15, -0.1) is 0 Å². The summed E-state index contributed by atoms with van der Waals surface area (Å²) in [4.78, 5) is 0. The van der Waals surface area contributed by atoms with Gasteiger partial charge in [0.2, 0.25) is 0 Å². The molecule has 0 radical (unpaired) electrons. The number of rotatable bonds is 2. The number of benzene rings is 1. The van der Waals surface area contributed by atoms with E-state index in [1.54, 1.807) is 0 Å². The van der Waals surface area contributed by atoms with Gasteiger partial charge in [0, 0.05) is 23.6 Å². The summed E-state index contributed by atoms with van der Waals surface area (Å²) in [5.74, 6) is 0. The van der Waals surface area contributed by atoms with E-state index in [-0.39, 0.29) is 17.0 Å². The second-order valence-electron chi connectivity index (χ2n) is 4.42. The van der Waals surface area contributed by atoms with E-state index >= 15 is 0 Å². The highest BCUT2D eigenvalue weighted by Crippen LogP contribution is 2.11. The molecule has 1 aromatic heterocycles. The van der Waals surface area contributed by atoms with E-state index < -0.39 is 0 Å². The van der Waals surface area contributed by atoms with Crippen LogP contribution in [-0.4, -0.2) is 0 Å². The van der Waals surface area contributed by atoms with Crippen LogP contribution in [0.25, 0.3) is 0 Å². The van der Waals surface area contributed by atoms with Crippen LogP contribution in [0, 0.1) is 13.8 Å². The number of pyridine rings is 1. The van der Waals surface area contributed by atoms with Crippen molar-refractivity contribution in [2.75, 3.05) is 0 Å². The lowest BCUT2D eigenvalue weighted by molar-refractivity contribution is -0.711. The lowest BCUT2D eigenvalue weighted by atomic mass is 10.1. The zero-order chi connectivity index (χ0) is 11.5. The van der Waals surface area contributed by atoms with E-state index in [2.05, 4.69) is 74.1 Å². The molecule has 0 aliphatic heterocycles. The third-order valence-corrected chi connectivity index (χ3v) is 2.89.